The van der Waals surface area contributed by atoms with E-state index in [2.05, 4.69) is 6.58 Å². The average molecular weight is 459 g/mol. The molecule has 0 saturated carbocycles. The summed E-state index contributed by atoms with van der Waals surface area (Å²) in [6, 6.07) is 16.5. The van der Waals surface area contributed by atoms with Crippen molar-refractivity contribution in [2.45, 2.75) is 44.2 Å². The third kappa shape index (κ3) is 7.03. The van der Waals surface area contributed by atoms with E-state index in [-0.39, 0.29) is 13.2 Å². The number of carbonyl (C=O) groups is 1. The maximum atomic E-state index is 11.8. The highest BCUT2D eigenvalue weighted by Crippen LogP contribution is 2.29. The molecule has 0 radical (unpaired) electrons. The highest BCUT2D eigenvalue weighted by atomic mass is 16.7. The lowest BCUT2D eigenvalue weighted by Gasteiger charge is -2.43. The lowest BCUT2D eigenvalue weighted by Crippen LogP contribution is -2.62. The van der Waals surface area contributed by atoms with E-state index in [0.717, 1.165) is 5.56 Å². The predicted molar refractivity (Wildman–Crippen MR) is 120 cm³/mol. The molecule has 5 atom stereocenters. The lowest BCUT2D eigenvalue weighted by molar-refractivity contribution is -0.290. The Kier molecular flexibility index (Phi) is 9.26. The Hall–Kier alpha value is -2.91. The number of aliphatic hydroxyl groups excluding tert-OH is 1. The maximum Gasteiger partial charge on any atom is 0.303 e. The first-order chi connectivity index (χ1) is 16.0. The molecule has 3 rings (SSSR count). The maximum absolute atomic E-state index is 11.8. The molecule has 1 aliphatic rings. The molecular formula is C25H30O8. The molecule has 1 saturated heterocycles. The van der Waals surface area contributed by atoms with Gasteiger partial charge in [0.15, 0.2) is 6.10 Å². The van der Waals surface area contributed by atoms with Crippen molar-refractivity contribution in [3.05, 3.63) is 72.8 Å². The molecule has 2 aromatic rings. The van der Waals surface area contributed by atoms with E-state index >= 15 is 0 Å². The molecule has 0 aliphatic carbocycles. The Morgan fingerprint density at radius 3 is 2.42 bits per heavy atom. The standard InChI is InChI=1S/C25H30O8/c1-4-14-30-23-22(27)21(16-29-15-18-8-6-5-7-9-18)33-25(24(23)31-17(2)26)32-20-12-10-19(28-3)11-13-20/h4-13,21-25,27H,1,14-16H2,2-3H3/t21-,22+,23-,24-,25+/m0/s1. The van der Waals surface area contributed by atoms with Crippen molar-refractivity contribution in [3.8, 4) is 11.5 Å². The predicted octanol–water partition coefficient (Wildman–Crippen LogP) is 2.88. The van der Waals surface area contributed by atoms with Crippen LogP contribution in [-0.2, 0) is 30.3 Å². The molecule has 0 bridgehead atoms. The first-order valence-electron chi connectivity index (χ1n) is 10.7. The Bertz CT molecular complexity index is 870. The highest BCUT2D eigenvalue weighted by Gasteiger charge is 2.49. The first-order valence-corrected chi connectivity index (χ1v) is 10.7. The third-order valence-electron chi connectivity index (χ3n) is 5.03. The first kappa shape index (κ1) is 24.7. The summed E-state index contributed by atoms with van der Waals surface area (Å²) in [7, 11) is 1.57. The molecule has 0 unspecified atom stereocenters. The molecule has 0 spiro atoms. The minimum absolute atomic E-state index is 0.0826. The Morgan fingerprint density at radius 2 is 1.79 bits per heavy atom. The lowest BCUT2D eigenvalue weighted by atomic mass is 9.98. The topological polar surface area (TPSA) is 92.7 Å². The number of rotatable bonds is 11. The van der Waals surface area contributed by atoms with Crippen molar-refractivity contribution < 1.29 is 38.3 Å². The highest BCUT2D eigenvalue weighted by molar-refractivity contribution is 5.66. The number of aliphatic hydroxyl groups is 1. The fourth-order valence-corrected chi connectivity index (χ4v) is 3.47. The van der Waals surface area contributed by atoms with E-state index in [9.17, 15) is 9.90 Å². The zero-order valence-electron chi connectivity index (χ0n) is 18.8. The number of hydrogen-bond acceptors (Lipinski definition) is 8. The molecule has 8 nitrogen and oxygen atoms in total. The number of hydrogen-bond donors (Lipinski definition) is 1. The van der Waals surface area contributed by atoms with E-state index < -0.39 is 36.7 Å². The summed E-state index contributed by atoms with van der Waals surface area (Å²) in [5, 5.41) is 11.0. The van der Waals surface area contributed by atoms with E-state index in [1.54, 1.807) is 37.5 Å². The van der Waals surface area contributed by atoms with Crippen LogP contribution in [0.1, 0.15) is 12.5 Å². The van der Waals surface area contributed by atoms with Crippen LogP contribution in [0.4, 0.5) is 0 Å². The molecule has 2 aromatic carbocycles. The Morgan fingerprint density at radius 1 is 1.09 bits per heavy atom. The second kappa shape index (κ2) is 12.4. The molecule has 8 heteroatoms. The second-order valence-corrected chi connectivity index (χ2v) is 7.49. The van der Waals surface area contributed by atoms with Gasteiger partial charge in [-0.05, 0) is 29.8 Å². The van der Waals surface area contributed by atoms with Gasteiger partial charge >= 0.3 is 5.97 Å². The summed E-state index contributed by atoms with van der Waals surface area (Å²) < 4.78 is 34.2. The van der Waals surface area contributed by atoms with Gasteiger partial charge in [0.1, 0.15) is 29.8 Å². The molecule has 1 fully saturated rings. The van der Waals surface area contributed by atoms with E-state index in [1.807, 2.05) is 30.3 Å². The molecule has 1 N–H and O–H groups in total. The molecule has 1 heterocycles. The molecule has 1 aliphatic heterocycles. The van der Waals surface area contributed by atoms with Crippen LogP contribution in [0.25, 0.3) is 0 Å². The minimum Gasteiger partial charge on any atom is -0.497 e. The molecule has 33 heavy (non-hydrogen) atoms. The molecule has 0 aromatic heterocycles. The SMILES string of the molecule is C=CCO[C@H]1[C@H](O)[C@H](COCc2ccccc2)O[C@@H](Oc2ccc(OC)cc2)[C@H]1OC(C)=O. The van der Waals surface area contributed by atoms with Gasteiger partial charge in [-0.25, -0.2) is 0 Å². The van der Waals surface area contributed by atoms with Crippen LogP contribution in [0.3, 0.4) is 0 Å². The van der Waals surface area contributed by atoms with Crippen molar-refractivity contribution in [1.29, 1.82) is 0 Å². The van der Waals surface area contributed by atoms with Crippen LogP contribution in [-0.4, -0.2) is 62.1 Å². The zero-order valence-corrected chi connectivity index (χ0v) is 18.8. The normalized spacial score (nSPS) is 24.6. The monoisotopic (exact) mass is 458 g/mol. The largest absolute Gasteiger partial charge is 0.497 e. The summed E-state index contributed by atoms with van der Waals surface area (Å²) in [6.07, 6.45) is -3.31. The van der Waals surface area contributed by atoms with Crippen molar-refractivity contribution in [3.63, 3.8) is 0 Å². The van der Waals surface area contributed by atoms with Crippen molar-refractivity contribution in [2.24, 2.45) is 0 Å². The van der Waals surface area contributed by atoms with Crippen LogP contribution in [0.2, 0.25) is 0 Å². The Labute approximate surface area is 193 Å². The van der Waals surface area contributed by atoms with Crippen molar-refractivity contribution in [2.75, 3.05) is 20.3 Å². The van der Waals surface area contributed by atoms with Gasteiger partial charge in [0.25, 0.3) is 0 Å². The van der Waals surface area contributed by atoms with E-state index in [0.29, 0.717) is 18.1 Å². The zero-order chi connectivity index (χ0) is 23.6. The number of benzene rings is 2. The number of ether oxygens (including phenoxy) is 6. The summed E-state index contributed by atoms with van der Waals surface area (Å²) in [5.41, 5.74) is 0.992. The number of esters is 1. The molecule has 0 amide bonds. The van der Waals surface area contributed by atoms with Gasteiger partial charge in [0, 0.05) is 6.92 Å². The fraction of sp³-hybridized carbons (Fsp3) is 0.400. The van der Waals surface area contributed by atoms with E-state index in [1.165, 1.54) is 6.92 Å². The summed E-state index contributed by atoms with van der Waals surface area (Å²) in [4.78, 5) is 11.8. The minimum atomic E-state index is -1.12. The van der Waals surface area contributed by atoms with Gasteiger partial charge in [-0.2, -0.15) is 0 Å². The van der Waals surface area contributed by atoms with Gasteiger partial charge in [-0.15, -0.1) is 6.58 Å². The van der Waals surface area contributed by atoms with Gasteiger partial charge < -0.3 is 33.5 Å². The van der Waals surface area contributed by atoms with Crippen molar-refractivity contribution >= 4 is 5.97 Å². The molecule has 178 valence electrons. The summed E-state index contributed by atoms with van der Waals surface area (Å²) >= 11 is 0. The van der Waals surface area contributed by atoms with Crippen LogP contribution >= 0.6 is 0 Å². The van der Waals surface area contributed by atoms with Crippen LogP contribution < -0.4 is 9.47 Å². The second-order valence-electron chi connectivity index (χ2n) is 7.49. The van der Waals surface area contributed by atoms with Crippen LogP contribution in [0.15, 0.2) is 67.3 Å². The summed E-state index contributed by atoms with van der Waals surface area (Å²) in [5.74, 6) is 0.587. The van der Waals surface area contributed by atoms with Crippen LogP contribution in [0, 0.1) is 0 Å². The van der Waals surface area contributed by atoms with Crippen molar-refractivity contribution in [1.82, 2.24) is 0 Å². The average Bonchev–Trinajstić information content (AvgIpc) is 2.82. The van der Waals surface area contributed by atoms with E-state index in [4.69, 9.17) is 28.4 Å². The van der Waals surface area contributed by atoms with Crippen LogP contribution in [0.5, 0.6) is 11.5 Å². The summed E-state index contributed by atoms with van der Waals surface area (Å²) in [6.45, 7) is 5.50. The van der Waals surface area contributed by atoms with Gasteiger partial charge in [-0.3, -0.25) is 4.79 Å². The van der Waals surface area contributed by atoms with Gasteiger partial charge in [-0.1, -0.05) is 36.4 Å². The van der Waals surface area contributed by atoms with Gasteiger partial charge in [0.05, 0.1) is 26.9 Å². The number of carbonyl (C=O) groups excluding carboxylic acids is 1. The number of methoxy groups -OCH3 is 1. The quantitative estimate of drug-likeness (QED) is 0.406. The third-order valence-corrected chi connectivity index (χ3v) is 5.03. The Balaban J connectivity index is 1.77. The molecular weight excluding hydrogens is 428 g/mol. The fourth-order valence-electron chi connectivity index (χ4n) is 3.47. The smallest absolute Gasteiger partial charge is 0.303 e. The van der Waals surface area contributed by atoms with Gasteiger partial charge in [0.2, 0.25) is 6.29 Å².